The smallest absolute Gasteiger partial charge is 0.0406 e. The number of thiocarbonyl (C=S) groups is 1. The maximum absolute atomic E-state index is 5.56. The van der Waals surface area contributed by atoms with Crippen LogP contribution in [0.3, 0.4) is 0 Å². The minimum absolute atomic E-state index is 0.626. The van der Waals surface area contributed by atoms with Gasteiger partial charge < -0.3 is 0 Å². The molecule has 2 heterocycles. The topological polar surface area (TPSA) is 27.0 Å². The first kappa shape index (κ1) is 15.6. The summed E-state index contributed by atoms with van der Waals surface area (Å²) in [6.45, 7) is 2.04. The second kappa shape index (κ2) is 7.80. The Morgan fingerprint density at radius 1 is 1.18 bits per heavy atom. The second-order valence-electron chi connectivity index (χ2n) is 6.25. The molecule has 115 valence electrons. The summed E-state index contributed by atoms with van der Waals surface area (Å²) in [5, 5.41) is 4.51. The van der Waals surface area contributed by atoms with Crippen molar-refractivity contribution in [3.8, 4) is 0 Å². The zero-order chi connectivity index (χ0) is 15.2. The van der Waals surface area contributed by atoms with E-state index < -0.39 is 0 Å². The summed E-state index contributed by atoms with van der Waals surface area (Å²) in [6, 6.07) is 6.22. The van der Waals surface area contributed by atoms with Gasteiger partial charge in [-0.3, -0.25) is 4.98 Å². The van der Waals surface area contributed by atoms with Gasteiger partial charge in [0.05, 0.1) is 0 Å². The lowest BCUT2D eigenvalue weighted by molar-refractivity contribution is 0.253. The average molecular weight is 311 g/mol. The van der Waals surface area contributed by atoms with Crippen LogP contribution in [-0.2, 0) is 6.42 Å². The van der Waals surface area contributed by atoms with Crippen LogP contribution in [0.25, 0.3) is 0 Å². The normalized spacial score (nSPS) is 20.7. The van der Waals surface area contributed by atoms with E-state index in [0.29, 0.717) is 5.92 Å². The monoisotopic (exact) mass is 311 g/mol. The average Bonchev–Trinajstić information content (AvgIpc) is 2.58. The van der Waals surface area contributed by atoms with Crippen molar-refractivity contribution in [1.29, 1.82) is 0 Å². The molecule has 0 bridgehead atoms. The highest BCUT2D eigenvalue weighted by atomic mass is 32.1. The number of piperidine rings is 1. The predicted octanol–water partition coefficient (Wildman–Crippen LogP) is 3.90. The quantitative estimate of drug-likeness (QED) is 0.771. The Kier molecular flexibility index (Phi) is 5.52. The third-order valence-electron chi connectivity index (χ3n) is 4.76. The molecule has 1 radical (unpaired) electrons. The van der Waals surface area contributed by atoms with Gasteiger partial charge in [0.25, 0.3) is 0 Å². The number of aromatic nitrogens is 1. The van der Waals surface area contributed by atoms with Crippen molar-refractivity contribution >= 4 is 17.1 Å². The van der Waals surface area contributed by atoms with Gasteiger partial charge in [0.15, 0.2) is 0 Å². The van der Waals surface area contributed by atoms with Gasteiger partial charge in [-0.25, -0.2) is 5.32 Å². The SMILES string of the molecule is S=C1CC=CC=C1CC(Cc1ccccn1)C1CC[N]CC1. The summed E-state index contributed by atoms with van der Waals surface area (Å²) in [4.78, 5) is 5.66. The van der Waals surface area contributed by atoms with E-state index in [9.17, 15) is 0 Å². The van der Waals surface area contributed by atoms with Crippen LogP contribution in [0.15, 0.2) is 48.2 Å². The van der Waals surface area contributed by atoms with Crippen molar-refractivity contribution in [2.24, 2.45) is 11.8 Å². The van der Waals surface area contributed by atoms with Crippen LogP contribution < -0.4 is 5.32 Å². The lowest BCUT2D eigenvalue weighted by Crippen LogP contribution is -2.29. The van der Waals surface area contributed by atoms with Gasteiger partial charge >= 0.3 is 0 Å². The minimum Gasteiger partial charge on any atom is -0.261 e. The summed E-state index contributed by atoms with van der Waals surface area (Å²) < 4.78 is 0. The van der Waals surface area contributed by atoms with Gasteiger partial charge in [0.1, 0.15) is 0 Å². The highest BCUT2D eigenvalue weighted by Crippen LogP contribution is 2.32. The van der Waals surface area contributed by atoms with Crippen LogP contribution in [0.5, 0.6) is 0 Å². The number of rotatable bonds is 5. The predicted molar refractivity (Wildman–Crippen MR) is 95.1 cm³/mol. The zero-order valence-electron chi connectivity index (χ0n) is 12.9. The van der Waals surface area contributed by atoms with E-state index in [1.165, 1.54) is 24.1 Å². The maximum Gasteiger partial charge on any atom is 0.0406 e. The molecule has 3 rings (SSSR count). The molecular weight excluding hydrogens is 288 g/mol. The van der Waals surface area contributed by atoms with E-state index in [1.54, 1.807) is 0 Å². The van der Waals surface area contributed by atoms with Crippen LogP contribution in [0.1, 0.15) is 31.4 Å². The maximum atomic E-state index is 5.56. The molecule has 1 aromatic heterocycles. The first-order valence-corrected chi connectivity index (χ1v) is 8.66. The van der Waals surface area contributed by atoms with E-state index in [1.807, 2.05) is 12.3 Å². The van der Waals surface area contributed by atoms with Crippen LogP contribution in [0, 0.1) is 11.8 Å². The summed E-state index contributed by atoms with van der Waals surface area (Å²) in [5.41, 5.74) is 2.56. The highest BCUT2D eigenvalue weighted by Gasteiger charge is 2.26. The van der Waals surface area contributed by atoms with Crippen LogP contribution >= 0.6 is 12.2 Å². The van der Waals surface area contributed by atoms with Crippen molar-refractivity contribution < 1.29 is 0 Å². The van der Waals surface area contributed by atoms with Crippen LogP contribution in [0.2, 0.25) is 0 Å². The molecule has 1 fully saturated rings. The van der Waals surface area contributed by atoms with E-state index >= 15 is 0 Å². The molecule has 2 nitrogen and oxygen atoms in total. The van der Waals surface area contributed by atoms with Gasteiger partial charge in [-0.2, -0.15) is 0 Å². The minimum atomic E-state index is 0.626. The molecule has 1 aliphatic heterocycles. The third kappa shape index (κ3) is 4.11. The fourth-order valence-electron chi connectivity index (χ4n) is 3.48. The molecule has 1 unspecified atom stereocenters. The first-order chi connectivity index (χ1) is 10.8. The molecule has 0 spiro atoms. The van der Waals surface area contributed by atoms with Crippen molar-refractivity contribution in [1.82, 2.24) is 10.3 Å². The highest BCUT2D eigenvalue weighted by molar-refractivity contribution is 7.80. The molecule has 2 aliphatic rings. The molecule has 0 amide bonds. The van der Waals surface area contributed by atoms with Gasteiger partial charge in [0.2, 0.25) is 0 Å². The van der Waals surface area contributed by atoms with Gasteiger partial charge in [0, 0.05) is 36.3 Å². The Bertz CT molecular complexity index is 556. The van der Waals surface area contributed by atoms with Crippen molar-refractivity contribution in [2.75, 3.05) is 13.1 Å². The molecule has 3 heteroatoms. The Morgan fingerprint density at radius 3 is 2.77 bits per heavy atom. The molecule has 0 saturated carbocycles. The number of hydrogen-bond acceptors (Lipinski definition) is 2. The van der Waals surface area contributed by atoms with Crippen LogP contribution in [0.4, 0.5) is 0 Å². The number of pyridine rings is 1. The first-order valence-electron chi connectivity index (χ1n) is 8.25. The molecular formula is C19H23N2S. The molecule has 1 saturated heterocycles. The summed E-state index contributed by atoms with van der Waals surface area (Å²) in [7, 11) is 0. The second-order valence-corrected chi connectivity index (χ2v) is 6.74. The van der Waals surface area contributed by atoms with Gasteiger partial charge in [-0.15, -0.1) is 0 Å². The molecule has 0 N–H and O–H groups in total. The lowest BCUT2D eigenvalue weighted by Gasteiger charge is -2.31. The van der Waals surface area contributed by atoms with Crippen molar-refractivity contribution in [3.63, 3.8) is 0 Å². The molecule has 1 aliphatic carbocycles. The van der Waals surface area contributed by atoms with E-state index in [-0.39, 0.29) is 0 Å². The van der Waals surface area contributed by atoms with E-state index in [0.717, 1.165) is 43.1 Å². The molecule has 1 atom stereocenters. The summed E-state index contributed by atoms with van der Waals surface area (Å²) >= 11 is 5.56. The van der Waals surface area contributed by atoms with E-state index in [2.05, 4.69) is 40.7 Å². The largest absolute Gasteiger partial charge is 0.261 e. The fourth-order valence-corrected chi connectivity index (χ4v) is 3.73. The van der Waals surface area contributed by atoms with Crippen molar-refractivity contribution in [2.45, 2.75) is 32.1 Å². The molecule has 1 aromatic rings. The third-order valence-corrected chi connectivity index (χ3v) is 5.19. The van der Waals surface area contributed by atoms with E-state index in [4.69, 9.17) is 12.2 Å². The molecule has 22 heavy (non-hydrogen) atoms. The lowest BCUT2D eigenvalue weighted by atomic mass is 9.77. The Morgan fingerprint density at radius 2 is 2.05 bits per heavy atom. The number of nitrogens with zero attached hydrogens (tertiary/aromatic N) is 2. The summed E-state index contributed by atoms with van der Waals surface area (Å²) in [5.74, 6) is 1.37. The van der Waals surface area contributed by atoms with Gasteiger partial charge in [-0.1, -0.05) is 36.5 Å². The fraction of sp³-hybridized carbons (Fsp3) is 0.474. The van der Waals surface area contributed by atoms with Crippen molar-refractivity contribution in [3.05, 3.63) is 53.9 Å². The summed E-state index contributed by atoms with van der Waals surface area (Å²) in [6.07, 6.45) is 13.9. The Balaban J connectivity index is 1.74. The van der Waals surface area contributed by atoms with Crippen LogP contribution in [-0.4, -0.2) is 22.9 Å². The number of hydrogen-bond donors (Lipinski definition) is 0. The van der Waals surface area contributed by atoms with Gasteiger partial charge in [-0.05, 0) is 55.2 Å². The number of allylic oxidation sites excluding steroid dienone is 4. The Hall–Kier alpha value is -1.32. The Labute approximate surface area is 138 Å². The molecule has 0 aromatic carbocycles. The zero-order valence-corrected chi connectivity index (χ0v) is 13.8. The standard InChI is InChI=1S/C19H23N2S/c22-19-7-2-1-5-16(19)13-17(15-8-11-20-12-9-15)14-18-6-3-4-10-21-18/h1-6,10,15,17H,7-9,11-14H2.